The Balaban J connectivity index is 1.62. The zero-order chi connectivity index (χ0) is 20.5. The lowest BCUT2D eigenvalue weighted by Gasteiger charge is -2.40. The molecule has 3 aromatic rings. The molecule has 0 spiro atoms. The summed E-state index contributed by atoms with van der Waals surface area (Å²) in [5.74, 6) is 0. The average molecular weight is 400 g/mol. The fourth-order valence-corrected chi connectivity index (χ4v) is 3.35. The number of ether oxygens (including phenoxy) is 1. The molecule has 1 aliphatic rings. The van der Waals surface area contributed by atoms with Gasteiger partial charge in [0.05, 0.1) is 17.9 Å². The predicted molar refractivity (Wildman–Crippen MR) is 103 cm³/mol. The molecule has 5 atom stereocenters. The fraction of sp³-hybridized carbons (Fsp3) is 0.300. The Morgan fingerprint density at radius 3 is 2.62 bits per heavy atom. The molecule has 2 aromatic heterocycles. The summed E-state index contributed by atoms with van der Waals surface area (Å²) in [6, 6.07) is 10.8. The van der Waals surface area contributed by atoms with Gasteiger partial charge < -0.3 is 34.9 Å². The summed E-state index contributed by atoms with van der Waals surface area (Å²) in [5, 5.41) is 43.0. The van der Waals surface area contributed by atoms with Crippen molar-refractivity contribution < 1.29 is 29.6 Å². The Morgan fingerprint density at radius 2 is 1.90 bits per heavy atom. The van der Waals surface area contributed by atoms with Gasteiger partial charge in [-0.3, -0.25) is 4.98 Å². The first-order valence-electron chi connectivity index (χ1n) is 9.04. The lowest BCUT2D eigenvalue weighted by Crippen LogP contribution is -2.61. The fourth-order valence-electron chi connectivity index (χ4n) is 3.35. The number of anilines is 1. The van der Waals surface area contributed by atoms with Gasteiger partial charge in [0, 0.05) is 23.3 Å². The topological polar surface area (TPSA) is 145 Å². The number of aliphatic hydroxyl groups is 4. The second kappa shape index (κ2) is 7.90. The summed E-state index contributed by atoms with van der Waals surface area (Å²) in [5.41, 5.74) is 1.03. The first-order valence-corrected chi connectivity index (χ1v) is 9.04. The highest BCUT2D eigenvalue weighted by Crippen LogP contribution is 2.26. The molecule has 4 rings (SSSR count). The standard InChI is InChI=1S/C20H20N2O7/c23-9-15-17(24)18(25)16(20(27)29-15)22-11-5-4-10-7-12(13-3-1-2-6-21-13)19(26)28-14(10)8-11/h1-8,15-18,20,22-25,27H,9H2/t15?,16?,17-,18-,20?/m1/s1. The van der Waals surface area contributed by atoms with Gasteiger partial charge in [-0.05, 0) is 30.3 Å². The number of hydrogen-bond acceptors (Lipinski definition) is 9. The van der Waals surface area contributed by atoms with Crippen molar-refractivity contribution in [2.24, 2.45) is 0 Å². The molecule has 9 heteroatoms. The van der Waals surface area contributed by atoms with Gasteiger partial charge in [-0.1, -0.05) is 6.07 Å². The normalized spacial score (nSPS) is 27.1. The van der Waals surface area contributed by atoms with Crippen LogP contribution < -0.4 is 10.9 Å². The Morgan fingerprint density at radius 1 is 1.07 bits per heavy atom. The van der Waals surface area contributed by atoms with E-state index in [1.54, 1.807) is 48.7 Å². The van der Waals surface area contributed by atoms with Gasteiger partial charge in [0.15, 0.2) is 6.29 Å². The predicted octanol–water partition coefficient (Wildman–Crippen LogP) is 0.0668. The maximum absolute atomic E-state index is 12.4. The number of aromatic nitrogens is 1. The molecule has 9 nitrogen and oxygen atoms in total. The summed E-state index contributed by atoms with van der Waals surface area (Å²) in [4.78, 5) is 16.5. The van der Waals surface area contributed by atoms with Crippen LogP contribution in [0.4, 0.5) is 5.69 Å². The SMILES string of the molecule is O=c1oc2cc(NC3C(O)OC(CO)[C@@H](O)[C@@H]3O)ccc2cc1-c1ccccn1. The summed E-state index contributed by atoms with van der Waals surface area (Å²) >= 11 is 0. The van der Waals surface area contributed by atoms with Crippen LogP contribution in [0.15, 0.2) is 57.9 Å². The summed E-state index contributed by atoms with van der Waals surface area (Å²) < 4.78 is 10.5. The molecule has 152 valence electrons. The van der Waals surface area contributed by atoms with E-state index in [4.69, 9.17) is 14.3 Å². The van der Waals surface area contributed by atoms with E-state index in [0.717, 1.165) is 0 Å². The number of hydrogen-bond donors (Lipinski definition) is 5. The Hall–Kier alpha value is -2.82. The third-order valence-corrected chi connectivity index (χ3v) is 4.91. The molecule has 29 heavy (non-hydrogen) atoms. The minimum atomic E-state index is -1.46. The molecule has 1 aromatic carbocycles. The zero-order valence-corrected chi connectivity index (χ0v) is 15.2. The number of aliphatic hydroxyl groups excluding tert-OH is 4. The van der Waals surface area contributed by atoms with E-state index in [9.17, 15) is 20.1 Å². The molecule has 0 radical (unpaired) electrons. The maximum atomic E-state index is 12.4. The molecule has 3 unspecified atom stereocenters. The van der Waals surface area contributed by atoms with Crippen LogP contribution in [0.2, 0.25) is 0 Å². The van der Waals surface area contributed by atoms with Crippen molar-refractivity contribution in [3.8, 4) is 11.3 Å². The lowest BCUT2D eigenvalue weighted by molar-refractivity contribution is -0.245. The largest absolute Gasteiger partial charge is 0.422 e. The number of fused-ring (bicyclic) bond motifs is 1. The van der Waals surface area contributed by atoms with Crippen LogP contribution in [0, 0.1) is 0 Å². The molecule has 0 aliphatic carbocycles. The van der Waals surface area contributed by atoms with E-state index in [2.05, 4.69) is 10.3 Å². The van der Waals surface area contributed by atoms with E-state index in [0.29, 0.717) is 27.9 Å². The van der Waals surface area contributed by atoms with Crippen molar-refractivity contribution in [1.29, 1.82) is 0 Å². The van der Waals surface area contributed by atoms with E-state index in [1.807, 2.05) is 0 Å². The van der Waals surface area contributed by atoms with E-state index in [1.165, 1.54) is 0 Å². The molecule has 1 aliphatic heterocycles. The molecule has 1 saturated heterocycles. The maximum Gasteiger partial charge on any atom is 0.345 e. The summed E-state index contributed by atoms with van der Waals surface area (Å²) in [7, 11) is 0. The highest BCUT2D eigenvalue weighted by atomic mass is 16.6. The third kappa shape index (κ3) is 3.74. The molecular formula is C20H20N2O7. The van der Waals surface area contributed by atoms with Gasteiger partial charge in [-0.15, -0.1) is 0 Å². The van der Waals surface area contributed by atoms with Crippen LogP contribution in [0.1, 0.15) is 0 Å². The smallest absolute Gasteiger partial charge is 0.345 e. The van der Waals surface area contributed by atoms with Gasteiger partial charge in [0.1, 0.15) is 29.9 Å². The van der Waals surface area contributed by atoms with Gasteiger partial charge in [0.2, 0.25) is 0 Å². The minimum absolute atomic E-state index is 0.300. The zero-order valence-electron chi connectivity index (χ0n) is 15.2. The molecular weight excluding hydrogens is 380 g/mol. The molecule has 0 saturated carbocycles. The lowest BCUT2D eigenvalue weighted by atomic mass is 9.97. The van der Waals surface area contributed by atoms with Crippen molar-refractivity contribution in [1.82, 2.24) is 4.98 Å². The van der Waals surface area contributed by atoms with Gasteiger partial charge in [0.25, 0.3) is 0 Å². The highest BCUT2D eigenvalue weighted by Gasteiger charge is 2.43. The van der Waals surface area contributed by atoms with Crippen molar-refractivity contribution in [2.45, 2.75) is 30.6 Å². The average Bonchev–Trinajstić information content (AvgIpc) is 2.73. The highest BCUT2D eigenvalue weighted by molar-refractivity contribution is 5.83. The number of benzene rings is 1. The van der Waals surface area contributed by atoms with E-state index in [-0.39, 0.29) is 0 Å². The molecule has 5 N–H and O–H groups in total. The number of nitrogens with one attached hydrogen (secondary N) is 1. The van der Waals surface area contributed by atoms with Gasteiger partial charge in [-0.2, -0.15) is 0 Å². The summed E-state index contributed by atoms with van der Waals surface area (Å²) in [6.45, 7) is -0.540. The van der Waals surface area contributed by atoms with Crippen LogP contribution in [-0.2, 0) is 4.74 Å². The van der Waals surface area contributed by atoms with Gasteiger partial charge in [-0.25, -0.2) is 4.79 Å². The molecule has 0 amide bonds. The number of rotatable bonds is 4. The number of nitrogens with zero attached hydrogens (tertiary/aromatic N) is 1. The van der Waals surface area contributed by atoms with Crippen LogP contribution in [0.25, 0.3) is 22.2 Å². The van der Waals surface area contributed by atoms with Crippen molar-refractivity contribution in [3.63, 3.8) is 0 Å². The Labute approximate surface area is 164 Å². The number of pyridine rings is 1. The van der Waals surface area contributed by atoms with E-state index >= 15 is 0 Å². The second-order valence-corrected chi connectivity index (χ2v) is 6.81. The third-order valence-electron chi connectivity index (χ3n) is 4.91. The van der Waals surface area contributed by atoms with E-state index < -0.39 is 42.9 Å². The molecule has 0 bridgehead atoms. The first-order chi connectivity index (χ1) is 14.0. The minimum Gasteiger partial charge on any atom is -0.422 e. The summed E-state index contributed by atoms with van der Waals surface area (Å²) in [6.07, 6.45) is -3.72. The van der Waals surface area contributed by atoms with Crippen molar-refractivity contribution in [2.75, 3.05) is 11.9 Å². The molecule has 3 heterocycles. The quantitative estimate of drug-likeness (QED) is 0.384. The van der Waals surface area contributed by atoms with Crippen LogP contribution >= 0.6 is 0 Å². The first kappa shape index (κ1) is 19.5. The van der Waals surface area contributed by atoms with Crippen molar-refractivity contribution in [3.05, 3.63) is 59.1 Å². The Kier molecular flexibility index (Phi) is 5.31. The van der Waals surface area contributed by atoms with Crippen LogP contribution in [0.5, 0.6) is 0 Å². The Bertz CT molecular complexity index is 1060. The van der Waals surface area contributed by atoms with Crippen molar-refractivity contribution >= 4 is 16.7 Å². The van der Waals surface area contributed by atoms with Crippen LogP contribution in [-0.4, -0.2) is 62.7 Å². The van der Waals surface area contributed by atoms with Crippen LogP contribution in [0.3, 0.4) is 0 Å². The molecule has 1 fully saturated rings. The second-order valence-electron chi connectivity index (χ2n) is 6.81. The van der Waals surface area contributed by atoms with Gasteiger partial charge >= 0.3 is 5.63 Å². The monoisotopic (exact) mass is 400 g/mol.